The number of carbonyl (C=O) groups excluding carboxylic acids is 2. The van der Waals surface area contributed by atoms with Gasteiger partial charge in [0.2, 0.25) is 11.8 Å². The number of rotatable bonds is 4. The van der Waals surface area contributed by atoms with Gasteiger partial charge in [0.15, 0.2) is 0 Å². The van der Waals surface area contributed by atoms with E-state index in [1.165, 1.54) is 19.3 Å². The Kier molecular flexibility index (Phi) is 3.46. The molecule has 1 atom stereocenters. The fraction of sp³-hybridized carbons (Fsp3) is 0.833. The van der Waals surface area contributed by atoms with E-state index in [9.17, 15) is 9.59 Å². The Balaban J connectivity index is 2.01. The third-order valence-electron chi connectivity index (χ3n) is 3.65. The number of nitrogens with one attached hydrogen (secondary N) is 1. The van der Waals surface area contributed by atoms with Crippen molar-refractivity contribution in [2.45, 2.75) is 45.1 Å². The first-order valence-corrected chi connectivity index (χ1v) is 6.29. The molecule has 1 saturated heterocycles. The third kappa shape index (κ3) is 2.20. The number of nitrogens with zero attached hydrogens (tertiary/aromatic N) is 1. The highest BCUT2D eigenvalue weighted by Gasteiger charge is 2.35. The maximum Gasteiger partial charge on any atom is 0.243 e. The number of piperazine rings is 1. The molecule has 0 bridgehead atoms. The van der Waals surface area contributed by atoms with Crippen molar-refractivity contribution < 1.29 is 9.59 Å². The van der Waals surface area contributed by atoms with Crippen LogP contribution in [0.4, 0.5) is 0 Å². The summed E-state index contributed by atoms with van der Waals surface area (Å²) in [6.45, 7) is 3.02. The summed E-state index contributed by atoms with van der Waals surface area (Å²) in [7, 11) is 0. The minimum absolute atomic E-state index is 0.0285. The van der Waals surface area contributed by atoms with Crippen molar-refractivity contribution >= 4 is 11.8 Å². The van der Waals surface area contributed by atoms with Crippen molar-refractivity contribution in [3.63, 3.8) is 0 Å². The van der Waals surface area contributed by atoms with Gasteiger partial charge in [0, 0.05) is 6.54 Å². The molecule has 1 heterocycles. The van der Waals surface area contributed by atoms with Gasteiger partial charge in [0.1, 0.15) is 6.04 Å². The molecule has 0 aromatic heterocycles. The molecule has 2 rings (SSSR count). The first-order chi connectivity index (χ1) is 7.72. The quantitative estimate of drug-likeness (QED) is 0.771. The van der Waals surface area contributed by atoms with E-state index in [-0.39, 0.29) is 24.4 Å². The Hall–Kier alpha value is -1.06. The predicted molar refractivity (Wildman–Crippen MR) is 60.8 cm³/mol. The number of amides is 2. The van der Waals surface area contributed by atoms with Gasteiger partial charge in [-0.1, -0.05) is 19.8 Å². The highest BCUT2D eigenvalue weighted by atomic mass is 16.2. The molecule has 4 heteroatoms. The van der Waals surface area contributed by atoms with Crippen molar-refractivity contribution in [3.8, 4) is 0 Å². The van der Waals surface area contributed by atoms with E-state index in [4.69, 9.17) is 0 Å². The van der Waals surface area contributed by atoms with Crippen LogP contribution in [0.2, 0.25) is 0 Å². The molecular weight excluding hydrogens is 204 g/mol. The minimum atomic E-state index is -0.216. The molecule has 0 aromatic rings. The van der Waals surface area contributed by atoms with Crippen molar-refractivity contribution in [1.29, 1.82) is 0 Å². The molecular formula is C12H20N2O2. The van der Waals surface area contributed by atoms with Gasteiger partial charge < -0.3 is 10.2 Å². The van der Waals surface area contributed by atoms with E-state index >= 15 is 0 Å². The molecule has 2 aliphatic rings. The second kappa shape index (κ2) is 4.85. The maximum atomic E-state index is 11.8. The van der Waals surface area contributed by atoms with Crippen molar-refractivity contribution in [1.82, 2.24) is 10.2 Å². The van der Waals surface area contributed by atoms with Crippen LogP contribution in [0.3, 0.4) is 0 Å². The van der Waals surface area contributed by atoms with Crippen LogP contribution in [0.1, 0.15) is 39.0 Å². The van der Waals surface area contributed by atoms with Crippen molar-refractivity contribution in [2.75, 3.05) is 13.1 Å². The zero-order valence-electron chi connectivity index (χ0n) is 9.87. The Bertz CT molecular complexity index is 287. The second-order valence-corrected chi connectivity index (χ2v) is 4.87. The molecule has 1 N–H and O–H groups in total. The van der Waals surface area contributed by atoms with Crippen LogP contribution in [0.5, 0.6) is 0 Å². The van der Waals surface area contributed by atoms with Gasteiger partial charge >= 0.3 is 0 Å². The van der Waals surface area contributed by atoms with E-state index in [0.717, 1.165) is 19.4 Å². The summed E-state index contributed by atoms with van der Waals surface area (Å²) < 4.78 is 0. The van der Waals surface area contributed by atoms with Gasteiger partial charge in [-0.3, -0.25) is 9.59 Å². The van der Waals surface area contributed by atoms with Crippen LogP contribution in [0.25, 0.3) is 0 Å². The molecule has 4 nitrogen and oxygen atoms in total. The SMILES string of the molecule is CCCC1C(=O)NCC(=O)N1CC1CCC1. The minimum Gasteiger partial charge on any atom is -0.345 e. The lowest BCUT2D eigenvalue weighted by molar-refractivity contribution is -0.147. The molecule has 90 valence electrons. The highest BCUT2D eigenvalue weighted by molar-refractivity contribution is 5.94. The average molecular weight is 224 g/mol. The largest absolute Gasteiger partial charge is 0.345 e. The lowest BCUT2D eigenvalue weighted by Gasteiger charge is -2.39. The Morgan fingerprint density at radius 2 is 2.12 bits per heavy atom. The monoisotopic (exact) mass is 224 g/mol. The van der Waals surface area contributed by atoms with Gasteiger partial charge in [0.25, 0.3) is 0 Å². The Morgan fingerprint density at radius 3 is 2.69 bits per heavy atom. The summed E-state index contributed by atoms with van der Waals surface area (Å²) >= 11 is 0. The van der Waals surface area contributed by atoms with E-state index < -0.39 is 0 Å². The molecule has 1 saturated carbocycles. The molecule has 1 aliphatic heterocycles. The Morgan fingerprint density at radius 1 is 1.38 bits per heavy atom. The van der Waals surface area contributed by atoms with E-state index in [1.807, 2.05) is 11.8 Å². The fourth-order valence-electron chi connectivity index (χ4n) is 2.44. The Labute approximate surface area is 96.4 Å². The van der Waals surface area contributed by atoms with Crippen LogP contribution in [-0.2, 0) is 9.59 Å². The van der Waals surface area contributed by atoms with Gasteiger partial charge in [-0.2, -0.15) is 0 Å². The van der Waals surface area contributed by atoms with Crippen LogP contribution in [0.15, 0.2) is 0 Å². The molecule has 0 radical (unpaired) electrons. The first kappa shape index (κ1) is 11.4. The predicted octanol–water partition coefficient (Wildman–Crippen LogP) is 0.914. The van der Waals surface area contributed by atoms with E-state index in [0.29, 0.717) is 5.92 Å². The third-order valence-corrected chi connectivity index (χ3v) is 3.65. The topological polar surface area (TPSA) is 49.4 Å². The normalized spacial score (nSPS) is 26.6. The highest BCUT2D eigenvalue weighted by Crippen LogP contribution is 2.28. The fourth-order valence-corrected chi connectivity index (χ4v) is 2.44. The lowest BCUT2D eigenvalue weighted by atomic mass is 9.84. The number of hydrogen-bond donors (Lipinski definition) is 1. The summed E-state index contributed by atoms with van der Waals surface area (Å²) in [5.41, 5.74) is 0. The average Bonchev–Trinajstić information content (AvgIpc) is 2.20. The smallest absolute Gasteiger partial charge is 0.243 e. The van der Waals surface area contributed by atoms with Gasteiger partial charge in [-0.05, 0) is 25.2 Å². The molecule has 1 unspecified atom stereocenters. The van der Waals surface area contributed by atoms with E-state index in [2.05, 4.69) is 5.32 Å². The summed E-state index contributed by atoms with van der Waals surface area (Å²) in [5, 5.41) is 2.68. The summed E-state index contributed by atoms with van der Waals surface area (Å²) in [6.07, 6.45) is 5.42. The van der Waals surface area contributed by atoms with Gasteiger partial charge in [-0.25, -0.2) is 0 Å². The van der Waals surface area contributed by atoms with Crippen molar-refractivity contribution in [3.05, 3.63) is 0 Å². The number of hydrogen-bond acceptors (Lipinski definition) is 2. The number of carbonyl (C=O) groups is 2. The summed E-state index contributed by atoms with van der Waals surface area (Å²) in [5.74, 6) is 0.750. The molecule has 2 amide bonds. The first-order valence-electron chi connectivity index (χ1n) is 6.29. The van der Waals surface area contributed by atoms with Crippen LogP contribution < -0.4 is 5.32 Å². The molecule has 16 heavy (non-hydrogen) atoms. The second-order valence-electron chi connectivity index (χ2n) is 4.87. The maximum absolute atomic E-state index is 11.8. The summed E-state index contributed by atoms with van der Waals surface area (Å²) in [6, 6.07) is -0.216. The van der Waals surface area contributed by atoms with Crippen LogP contribution in [0, 0.1) is 5.92 Å². The van der Waals surface area contributed by atoms with Gasteiger partial charge in [-0.15, -0.1) is 0 Å². The van der Waals surface area contributed by atoms with Crippen LogP contribution in [-0.4, -0.2) is 35.8 Å². The molecule has 0 spiro atoms. The standard InChI is InChI=1S/C12H20N2O2/c1-2-4-10-12(16)13-7-11(15)14(10)8-9-5-3-6-9/h9-10H,2-8H2,1H3,(H,13,16). The lowest BCUT2D eigenvalue weighted by Crippen LogP contribution is -2.59. The van der Waals surface area contributed by atoms with E-state index in [1.54, 1.807) is 0 Å². The zero-order valence-corrected chi connectivity index (χ0v) is 9.87. The zero-order chi connectivity index (χ0) is 11.5. The molecule has 1 aliphatic carbocycles. The van der Waals surface area contributed by atoms with Crippen LogP contribution >= 0.6 is 0 Å². The van der Waals surface area contributed by atoms with Gasteiger partial charge in [0.05, 0.1) is 6.54 Å². The molecule has 2 fully saturated rings. The van der Waals surface area contributed by atoms with Crippen molar-refractivity contribution in [2.24, 2.45) is 5.92 Å². The summed E-state index contributed by atoms with van der Waals surface area (Å²) in [4.78, 5) is 25.3. The molecule has 0 aromatic carbocycles.